The van der Waals surface area contributed by atoms with Gasteiger partial charge in [0.1, 0.15) is 5.58 Å². The highest BCUT2D eigenvalue weighted by molar-refractivity contribution is 7.23. The van der Waals surface area contributed by atoms with Crippen LogP contribution in [0.4, 0.5) is 0 Å². The van der Waals surface area contributed by atoms with Crippen molar-refractivity contribution in [3.8, 4) is 21.6 Å². The normalized spacial score (nSPS) is 12.0. The Balaban J connectivity index is 1.40. The topological polar surface area (TPSA) is 13.1 Å². The van der Waals surface area contributed by atoms with Crippen LogP contribution in [0, 0.1) is 0 Å². The van der Waals surface area contributed by atoms with Gasteiger partial charge in [0.2, 0.25) is 0 Å². The maximum atomic E-state index is 6.42. The molecule has 0 atom stereocenters. The van der Waals surface area contributed by atoms with Crippen molar-refractivity contribution in [1.82, 2.24) is 0 Å². The second-order valence-corrected chi connectivity index (χ2v) is 11.5. The lowest BCUT2D eigenvalue weighted by Gasteiger charge is -2.18. The fourth-order valence-corrected chi connectivity index (χ4v) is 7.75. The largest absolute Gasteiger partial charge is 0.455 e. The molecule has 2 heterocycles. The molecule has 7 aromatic carbocycles. The van der Waals surface area contributed by atoms with E-state index in [0.29, 0.717) is 0 Å². The molecule has 9 rings (SSSR count). The molecule has 0 aliphatic rings. The van der Waals surface area contributed by atoms with E-state index in [1.54, 1.807) is 0 Å². The van der Waals surface area contributed by atoms with Crippen molar-refractivity contribution in [3.05, 3.63) is 133 Å². The standard InChI is InChI=1S/C38H22OS/c1-2-12-25-23(10-1)11-9-18-27(25)35-28-14-3-5-16-30(28)36(31-17-6-4-15-29(31)35)34-22-24-20-21-32-26-13-7-8-19-33(26)39-37(32)38(24)40-34/h1-22H. The lowest BCUT2D eigenvalue weighted by molar-refractivity contribution is 0.673. The second kappa shape index (κ2) is 8.29. The molecule has 0 aliphatic carbocycles. The van der Waals surface area contributed by atoms with Gasteiger partial charge < -0.3 is 4.42 Å². The molecule has 2 aromatic heterocycles. The summed E-state index contributed by atoms with van der Waals surface area (Å²) in [5.74, 6) is 0. The zero-order valence-electron chi connectivity index (χ0n) is 21.5. The molecular weight excluding hydrogens is 504 g/mol. The Morgan fingerprint density at radius 1 is 0.425 bits per heavy atom. The van der Waals surface area contributed by atoms with E-state index in [1.807, 2.05) is 17.4 Å². The predicted molar refractivity (Wildman–Crippen MR) is 172 cm³/mol. The summed E-state index contributed by atoms with van der Waals surface area (Å²) in [7, 11) is 0. The van der Waals surface area contributed by atoms with Gasteiger partial charge in [0, 0.05) is 21.2 Å². The van der Waals surface area contributed by atoms with Crippen molar-refractivity contribution in [3.63, 3.8) is 0 Å². The Hall–Kier alpha value is -4.92. The third kappa shape index (κ3) is 3.03. The molecule has 9 aromatic rings. The van der Waals surface area contributed by atoms with Gasteiger partial charge in [-0.3, -0.25) is 0 Å². The predicted octanol–water partition coefficient (Wildman–Crippen LogP) is 11.6. The average Bonchev–Trinajstić information content (AvgIpc) is 3.61. The highest BCUT2D eigenvalue weighted by atomic mass is 32.1. The van der Waals surface area contributed by atoms with Crippen LogP contribution < -0.4 is 0 Å². The van der Waals surface area contributed by atoms with E-state index in [4.69, 9.17) is 4.42 Å². The monoisotopic (exact) mass is 526 g/mol. The van der Waals surface area contributed by atoms with E-state index in [1.165, 1.54) is 74.7 Å². The van der Waals surface area contributed by atoms with Crippen LogP contribution in [0.2, 0.25) is 0 Å². The van der Waals surface area contributed by atoms with E-state index >= 15 is 0 Å². The highest BCUT2D eigenvalue weighted by Gasteiger charge is 2.20. The first-order valence-corrected chi connectivity index (χ1v) is 14.4. The van der Waals surface area contributed by atoms with Gasteiger partial charge in [0.25, 0.3) is 0 Å². The number of benzene rings is 7. The van der Waals surface area contributed by atoms with Gasteiger partial charge in [-0.1, -0.05) is 115 Å². The highest BCUT2D eigenvalue weighted by Crippen LogP contribution is 2.48. The molecule has 0 unspecified atom stereocenters. The third-order valence-corrected chi connectivity index (χ3v) is 9.43. The molecule has 0 radical (unpaired) electrons. The summed E-state index contributed by atoms with van der Waals surface area (Å²) < 4.78 is 7.62. The quantitative estimate of drug-likeness (QED) is 0.204. The number of fused-ring (bicyclic) bond motifs is 8. The van der Waals surface area contributed by atoms with Crippen LogP contribution in [0.25, 0.3) is 85.9 Å². The lowest BCUT2D eigenvalue weighted by Crippen LogP contribution is -1.90. The van der Waals surface area contributed by atoms with Gasteiger partial charge in [0.05, 0.1) is 4.70 Å². The number of thiophene rings is 1. The van der Waals surface area contributed by atoms with Gasteiger partial charge in [0.15, 0.2) is 5.58 Å². The SMILES string of the molecule is c1ccc2c(-c3c4ccccc4c(-c4cc5ccc6c7ccccc7oc6c5s4)c4ccccc34)cccc2c1. The molecule has 186 valence electrons. The Labute approximate surface area is 234 Å². The molecule has 40 heavy (non-hydrogen) atoms. The fraction of sp³-hybridized carbons (Fsp3) is 0. The Morgan fingerprint density at radius 3 is 1.77 bits per heavy atom. The molecule has 0 fully saturated rings. The molecule has 0 saturated heterocycles. The smallest absolute Gasteiger partial charge is 0.153 e. The third-order valence-electron chi connectivity index (χ3n) is 8.27. The second-order valence-electron chi connectivity index (χ2n) is 10.4. The van der Waals surface area contributed by atoms with Crippen molar-refractivity contribution < 1.29 is 4.42 Å². The number of hydrogen-bond acceptors (Lipinski definition) is 2. The zero-order valence-corrected chi connectivity index (χ0v) is 22.3. The molecule has 1 nitrogen and oxygen atoms in total. The Bertz CT molecular complexity index is 2380. The zero-order chi connectivity index (χ0) is 26.2. The molecule has 0 bridgehead atoms. The summed E-state index contributed by atoms with van der Waals surface area (Å²) >= 11 is 1.84. The number of para-hydroxylation sites is 1. The molecule has 0 amide bonds. The number of rotatable bonds is 2. The summed E-state index contributed by atoms with van der Waals surface area (Å²) in [6, 6.07) is 48.3. The van der Waals surface area contributed by atoms with Crippen LogP contribution in [-0.4, -0.2) is 0 Å². The summed E-state index contributed by atoms with van der Waals surface area (Å²) in [5, 5.41) is 11.2. The van der Waals surface area contributed by atoms with E-state index in [-0.39, 0.29) is 0 Å². The number of furan rings is 1. The minimum Gasteiger partial charge on any atom is -0.455 e. The van der Waals surface area contributed by atoms with Crippen LogP contribution in [0.15, 0.2) is 138 Å². The molecule has 2 heteroatoms. The van der Waals surface area contributed by atoms with Gasteiger partial charge >= 0.3 is 0 Å². The maximum Gasteiger partial charge on any atom is 0.153 e. The minimum atomic E-state index is 0.940. The summed E-state index contributed by atoms with van der Waals surface area (Å²) in [6.45, 7) is 0. The van der Waals surface area contributed by atoms with Crippen LogP contribution in [-0.2, 0) is 0 Å². The number of hydrogen-bond donors (Lipinski definition) is 0. The first-order chi connectivity index (χ1) is 19.8. The van der Waals surface area contributed by atoms with E-state index < -0.39 is 0 Å². The van der Waals surface area contributed by atoms with Crippen molar-refractivity contribution in [2.45, 2.75) is 0 Å². The Kier molecular flexibility index (Phi) is 4.55. The molecule has 0 saturated carbocycles. The lowest BCUT2D eigenvalue weighted by atomic mass is 9.86. The van der Waals surface area contributed by atoms with Gasteiger partial charge in [-0.2, -0.15) is 0 Å². The van der Waals surface area contributed by atoms with Gasteiger partial charge in [-0.15, -0.1) is 11.3 Å². The summed E-state index contributed by atoms with van der Waals surface area (Å²) in [6.07, 6.45) is 0. The van der Waals surface area contributed by atoms with Crippen LogP contribution in [0.3, 0.4) is 0 Å². The molecular formula is C38H22OS. The maximum absolute atomic E-state index is 6.42. The van der Waals surface area contributed by atoms with Gasteiger partial charge in [-0.05, 0) is 67.0 Å². The van der Waals surface area contributed by atoms with Crippen LogP contribution in [0.1, 0.15) is 0 Å². The fourth-order valence-electron chi connectivity index (χ4n) is 6.53. The molecule has 0 spiro atoms. The molecule has 0 N–H and O–H groups in total. The first kappa shape index (κ1) is 22.0. The van der Waals surface area contributed by atoms with Crippen molar-refractivity contribution in [1.29, 1.82) is 0 Å². The van der Waals surface area contributed by atoms with Crippen LogP contribution in [0.5, 0.6) is 0 Å². The average molecular weight is 527 g/mol. The van der Waals surface area contributed by atoms with Crippen LogP contribution >= 0.6 is 11.3 Å². The van der Waals surface area contributed by atoms with Crippen molar-refractivity contribution in [2.75, 3.05) is 0 Å². The van der Waals surface area contributed by atoms with E-state index in [0.717, 1.165) is 11.2 Å². The van der Waals surface area contributed by atoms with Gasteiger partial charge in [-0.25, -0.2) is 0 Å². The summed E-state index contributed by atoms with van der Waals surface area (Å²) in [5.41, 5.74) is 5.79. The Morgan fingerprint density at radius 2 is 1.02 bits per heavy atom. The van der Waals surface area contributed by atoms with E-state index in [9.17, 15) is 0 Å². The van der Waals surface area contributed by atoms with E-state index in [2.05, 4.69) is 127 Å². The van der Waals surface area contributed by atoms with Crippen molar-refractivity contribution in [2.24, 2.45) is 0 Å². The van der Waals surface area contributed by atoms with Crippen molar-refractivity contribution >= 4 is 75.7 Å². The minimum absolute atomic E-state index is 0.940. The first-order valence-electron chi connectivity index (χ1n) is 13.6. The molecule has 0 aliphatic heterocycles. The summed E-state index contributed by atoms with van der Waals surface area (Å²) in [4.78, 5) is 1.26.